The number of carbonyl (C=O) groups is 2. The zero-order valence-electron chi connectivity index (χ0n) is 17.6. The molecule has 0 aliphatic carbocycles. The lowest BCUT2D eigenvalue weighted by Crippen LogP contribution is -2.50. The van der Waals surface area contributed by atoms with Gasteiger partial charge < -0.3 is 19.3 Å². The van der Waals surface area contributed by atoms with E-state index in [1.807, 2.05) is 13.0 Å². The van der Waals surface area contributed by atoms with E-state index in [2.05, 4.69) is 4.98 Å². The van der Waals surface area contributed by atoms with Gasteiger partial charge >= 0.3 is 11.9 Å². The fourth-order valence-corrected chi connectivity index (χ4v) is 3.12. The number of hydrogen-bond acceptors (Lipinski definition) is 6. The lowest BCUT2D eigenvalue weighted by Gasteiger charge is -2.26. The van der Waals surface area contributed by atoms with Crippen molar-refractivity contribution >= 4 is 45.9 Å². The molecule has 0 saturated heterocycles. The lowest BCUT2D eigenvalue weighted by atomic mass is 10.1. The van der Waals surface area contributed by atoms with Crippen molar-refractivity contribution in [2.24, 2.45) is 0 Å². The Labute approximate surface area is 194 Å². The Bertz CT molecular complexity index is 1170. The van der Waals surface area contributed by atoms with Crippen molar-refractivity contribution in [2.75, 3.05) is 0 Å². The molecular formula is C23H21Cl2NO6. The molecule has 168 valence electrons. The molecule has 0 bridgehead atoms. The number of carboxylic acid groups (broad SMARTS) is 1. The first-order valence-electron chi connectivity index (χ1n) is 9.78. The van der Waals surface area contributed by atoms with Crippen molar-refractivity contribution in [3.63, 3.8) is 0 Å². The van der Waals surface area contributed by atoms with Crippen LogP contribution in [-0.4, -0.2) is 33.7 Å². The molecule has 2 aromatic carbocycles. The van der Waals surface area contributed by atoms with Gasteiger partial charge in [0.05, 0.1) is 11.1 Å². The first-order chi connectivity index (χ1) is 15.1. The topological polar surface area (TPSA) is 95.0 Å². The van der Waals surface area contributed by atoms with Crippen molar-refractivity contribution in [2.45, 2.75) is 38.9 Å². The molecule has 3 aromatic rings. The number of nitrogens with zero attached hydrogens (tertiary/aromatic N) is 1. The van der Waals surface area contributed by atoms with Crippen LogP contribution in [0, 0.1) is 0 Å². The highest BCUT2D eigenvalue weighted by molar-refractivity contribution is 6.35. The van der Waals surface area contributed by atoms with Crippen LogP contribution in [0.15, 0.2) is 48.7 Å². The normalized spacial score (nSPS) is 13.8. The van der Waals surface area contributed by atoms with Gasteiger partial charge in [0, 0.05) is 6.20 Å². The number of carboxylic acids is 1. The zero-order chi connectivity index (χ0) is 23.5. The van der Waals surface area contributed by atoms with Gasteiger partial charge in [-0.1, -0.05) is 42.3 Å². The minimum Gasteiger partial charge on any atom is -0.478 e. The molecule has 1 aromatic heterocycles. The van der Waals surface area contributed by atoms with Crippen LogP contribution in [0.25, 0.3) is 10.8 Å². The summed E-state index contributed by atoms with van der Waals surface area (Å²) in [6.45, 7) is 4.67. The SMILES string of the molecule is CCC(C)OC(=O)C(C)(Oc1ccc2ccc(Oc3ncc(Cl)cc3Cl)cc2c1)C(=O)O. The van der Waals surface area contributed by atoms with Crippen molar-refractivity contribution in [3.8, 4) is 17.4 Å². The summed E-state index contributed by atoms with van der Waals surface area (Å²) in [6.07, 6.45) is 1.53. The van der Waals surface area contributed by atoms with Crippen LogP contribution in [0.1, 0.15) is 27.2 Å². The molecule has 7 nitrogen and oxygen atoms in total. The van der Waals surface area contributed by atoms with E-state index in [1.165, 1.54) is 12.3 Å². The van der Waals surface area contributed by atoms with Crippen LogP contribution in [-0.2, 0) is 14.3 Å². The summed E-state index contributed by atoms with van der Waals surface area (Å²) in [6, 6.07) is 11.7. The van der Waals surface area contributed by atoms with Gasteiger partial charge in [0.15, 0.2) is 0 Å². The molecule has 0 aliphatic rings. The predicted octanol–water partition coefficient (Wildman–Crippen LogP) is 5.90. The molecule has 9 heteroatoms. The number of hydrogen-bond donors (Lipinski definition) is 1. The van der Waals surface area contributed by atoms with E-state index in [0.717, 1.165) is 12.3 Å². The highest BCUT2D eigenvalue weighted by Gasteiger charge is 2.46. The van der Waals surface area contributed by atoms with E-state index in [1.54, 1.807) is 37.3 Å². The average Bonchev–Trinajstić information content (AvgIpc) is 2.75. The monoisotopic (exact) mass is 477 g/mol. The summed E-state index contributed by atoms with van der Waals surface area (Å²) in [4.78, 5) is 28.4. The standard InChI is InChI=1S/C23H21Cl2NO6/c1-4-13(2)30-22(29)23(3,21(27)28)32-18-8-6-14-5-7-17(9-15(14)10-18)31-20-19(25)11-16(24)12-26-20/h5-13H,4H2,1-3H3,(H,27,28). The molecule has 0 radical (unpaired) electrons. The first-order valence-corrected chi connectivity index (χ1v) is 10.5. The van der Waals surface area contributed by atoms with Gasteiger partial charge in [-0.05, 0) is 61.4 Å². The number of esters is 1. The maximum atomic E-state index is 12.5. The molecule has 0 spiro atoms. The second-order valence-corrected chi connectivity index (χ2v) is 8.12. The third kappa shape index (κ3) is 5.23. The molecule has 0 amide bonds. The molecule has 2 unspecified atom stereocenters. The molecule has 0 fully saturated rings. The van der Waals surface area contributed by atoms with Crippen molar-refractivity contribution in [1.29, 1.82) is 0 Å². The summed E-state index contributed by atoms with van der Waals surface area (Å²) in [5.74, 6) is -1.60. The van der Waals surface area contributed by atoms with Crippen molar-refractivity contribution in [3.05, 3.63) is 58.7 Å². The van der Waals surface area contributed by atoms with E-state index in [0.29, 0.717) is 22.6 Å². The quantitative estimate of drug-likeness (QED) is 0.318. The Balaban J connectivity index is 1.88. The molecule has 3 rings (SSSR count). The first kappa shape index (κ1) is 23.6. The van der Waals surface area contributed by atoms with Gasteiger partial charge in [-0.2, -0.15) is 0 Å². The van der Waals surface area contributed by atoms with Gasteiger partial charge in [-0.15, -0.1) is 0 Å². The van der Waals surface area contributed by atoms with Crippen LogP contribution < -0.4 is 9.47 Å². The number of aromatic nitrogens is 1. The van der Waals surface area contributed by atoms with Crippen molar-refractivity contribution < 1.29 is 28.9 Å². The smallest absolute Gasteiger partial charge is 0.362 e. The maximum absolute atomic E-state index is 12.5. The van der Waals surface area contributed by atoms with Crippen LogP contribution in [0.2, 0.25) is 10.0 Å². The van der Waals surface area contributed by atoms with Crippen LogP contribution in [0.5, 0.6) is 17.4 Å². The third-order valence-corrected chi connectivity index (χ3v) is 5.25. The van der Waals surface area contributed by atoms with Gasteiger partial charge in [0.25, 0.3) is 5.60 Å². The number of halogens is 2. The Morgan fingerprint density at radius 3 is 2.38 bits per heavy atom. The number of rotatable bonds is 8. The van der Waals surface area contributed by atoms with Crippen LogP contribution in [0.4, 0.5) is 0 Å². The maximum Gasteiger partial charge on any atom is 0.362 e. The summed E-state index contributed by atoms with van der Waals surface area (Å²) in [5, 5.41) is 11.8. The van der Waals surface area contributed by atoms with E-state index in [-0.39, 0.29) is 16.7 Å². The lowest BCUT2D eigenvalue weighted by molar-refractivity contribution is -0.177. The van der Waals surface area contributed by atoms with Crippen LogP contribution >= 0.6 is 23.2 Å². The second kappa shape index (κ2) is 9.63. The third-order valence-electron chi connectivity index (χ3n) is 4.77. The predicted molar refractivity (Wildman–Crippen MR) is 121 cm³/mol. The fraction of sp³-hybridized carbons (Fsp3) is 0.261. The van der Waals surface area contributed by atoms with Crippen LogP contribution in [0.3, 0.4) is 0 Å². The average molecular weight is 478 g/mol. The number of aliphatic carboxylic acids is 1. The number of pyridine rings is 1. The zero-order valence-corrected chi connectivity index (χ0v) is 19.1. The highest BCUT2D eigenvalue weighted by Crippen LogP contribution is 2.32. The van der Waals surface area contributed by atoms with Gasteiger partial charge in [0.1, 0.15) is 16.5 Å². The summed E-state index contributed by atoms with van der Waals surface area (Å²) < 4.78 is 16.5. The largest absolute Gasteiger partial charge is 0.478 e. The molecule has 32 heavy (non-hydrogen) atoms. The van der Waals surface area contributed by atoms with E-state index in [4.69, 9.17) is 37.4 Å². The highest BCUT2D eigenvalue weighted by atomic mass is 35.5. The summed E-state index contributed by atoms with van der Waals surface area (Å²) in [5.41, 5.74) is -2.20. The Morgan fingerprint density at radius 1 is 1.09 bits per heavy atom. The summed E-state index contributed by atoms with van der Waals surface area (Å²) in [7, 11) is 0. The van der Waals surface area contributed by atoms with E-state index in [9.17, 15) is 14.7 Å². The van der Waals surface area contributed by atoms with E-state index >= 15 is 0 Å². The summed E-state index contributed by atoms with van der Waals surface area (Å²) >= 11 is 12.0. The minimum atomic E-state index is -2.20. The van der Waals surface area contributed by atoms with E-state index < -0.39 is 23.6 Å². The molecular weight excluding hydrogens is 457 g/mol. The Hall–Kier alpha value is -3.03. The van der Waals surface area contributed by atoms with Gasteiger partial charge in [0.2, 0.25) is 5.88 Å². The molecule has 1 heterocycles. The second-order valence-electron chi connectivity index (χ2n) is 7.28. The molecule has 0 aliphatic heterocycles. The Morgan fingerprint density at radius 2 is 1.75 bits per heavy atom. The number of benzene rings is 2. The Kier molecular flexibility index (Phi) is 7.11. The van der Waals surface area contributed by atoms with Gasteiger partial charge in [-0.25, -0.2) is 14.6 Å². The number of fused-ring (bicyclic) bond motifs is 1. The van der Waals surface area contributed by atoms with Gasteiger partial charge in [-0.3, -0.25) is 0 Å². The molecule has 1 N–H and O–H groups in total. The minimum absolute atomic E-state index is 0.184. The number of carbonyl (C=O) groups excluding carboxylic acids is 1. The van der Waals surface area contributed by atoms with Crippen molar-refractivity contribution in [1.82, 2.24) is 4.98 Å². The molecule has 0 saturated carbocycles. The number of ether oxygens (including phenoxy) is 3. The molecule has 2 atom stereocenters. The fourth-order valence-electron chi connectivity index (χ4n) is 2.71.